The highest BCUT2D eigenvalue weighted by Crippen LogP contribution is 2.27. The molecule has 3 nitrogen and oxygen atoms in total. The summed E-state index contributed by atoms with van der Waals surface area (Å²) in [7, 11) is -3.36. The van der Waals surface area contributed by atoms with Crippen LogP contribution >= 0.6 is 0 Å². The summed E-state index contributed by atoms with van der Waals surface area (Å²) in [6, 6.07) is 7.91. The van der Waals surface area contributed by atoms with Gasteiger partial charge in [0.25, 0.3) is 0 Å². The van der Waals surface area contributed by atoms with Crippen LogP contribution in [0.5, 0.6) is 0 Å². The Morgan fingerprint density at radius 3 is 2.52 bits per heavy atom. The van der Waals surface area contributed by atoms with Crippen molar-refractivity contribution in [2.75, 3.05) is 0 Å². The molecule has 0 bridgehead atoms. The molecule has 0 saturated heterocycles. The molecule has 1 fully saturated rings. The van der Waals surface area contributed by atoms with Crippen LogP contribution in [0.15, 0.2) is 29.7 Å². The Morgan fingerprint density at radius 2 is 1.86 bits per heavy atom. The van der Waals surface area contributed by atoms with Gasteiger partial charge in [0.1, 0.15) is 0 Å². The van der Waals surface area contributed by atoms with E-state index in [0.29, 0.717) is 5.92 Å². The fraction of sp³-hybridized carbons (Fsp3) is 0.529. The fourth-order valence-corrected chi connectivity index (χ4v) is 4.09. The molecular weight excluding hydrogens is 282 g/mol. The van der Waals surface area contributed by atoms with Gasteiger partial charge in [-0.3, -0.25) is 0 Å². The van der Waals surface area contributed by atoms with E-state index in [-0.39, 0.29) is 6.04 Å². The second-order valence-corrected chi connectivity index (χ2v) is 7.53. The molecule has 4 heteroatoms. The topological polar surface area (TPSA) is 46.2 Å². The smallest absolute Gasteiger partial charge is 0.208 e. The zero-order chi connectivity index (χ0) is 15.3. The van der Waals surface area contributed by atoms with E-state index in [0.717, 1.165) is 31.2 Å². The molecule has 0 spiro atoms. The predicted molar refractivity (Wildman–Crippen MR) is 88.3 cm³/mol. The Kier molecular flexibility index (Phi) is 5.59. The highest BCUT2D eigenvalue weighted by atomic mass is 32.2. The van der Waals surface area contributed by atoms with Crippen molar-refractivity contribution in [3.8, 4) is 0 Å². The van der Waals surface area contributed by atoms with Crippen LogP contribution in [0.4, 0.5) is 0 Å². The Bertz CT molecular complexity index is 575. The van der Waals surface area contributed by atoms with Gasteiger partial charge in [-0.2, -0.15) is 0 Å². The monoisotopic (exact) mass is 307 g/mol. The molecule has 0 aliphatic heterocycles. The second kappa shape index (κ2) is 7.23. The molecular formula is C17H25NO2S. The van der Waals surface area contributed by atoms with Gasteiger partial charge in [-0.15, -0.1) is 0 Å². The van der Waals surface area contributed by atoms with E-state index in [2.05, 4.69) is 11.6 Å². The van der Waals surface area contributed by atoms with Crippen LogP contribution < -0.4 is 4.72 Å². The quantitative estimate of drug-likeness (QED) is 0.898. The van der Waals surface area contributed by atoms with Gasteiger partial charge in [0.05, 0.1) is 0 Å². The zero-order valence-corrected chi connectivity index (χ0v) is 13.7. The average molecular weight is 307 g/mol. The number of hydrogen-bond acceptors (Lipinski definition) is 2. The van der Waals surface area contributed by atoms with Crippen LogP contribution in [-0.4, -0.2) is 14.5 Å². The van der Waals surface area contributed by atoms with Crippen LogP contribution in [-0.2, 0) is 10.0 Å². The minimum Gasteiger partial charge on any atom is -0.208 e. The van der Waals surface area contributed by atoms with E-state index in [4.69, 9.17) is 0 Å². The van der Waals surface area contributed by atoms with Crippen molar-refractivity contribution < 1.29 is 8.42 Å². The number of nitrogens with one attached hydrogen (secondary N) is 1. The molecule has 1 aromatic rings. The van der Waals surface area contributed by atoms with Crippen LogP contribution in [0.2, 0.25) is 0 Å². The van der Waals surface area contributed by atoms with Gasteiger partial charge in [0, 0.05) is 11.4 Å². The maximum Gasteiger partial charge on any atom is 0.233 e. The van der Waals surface area contributed by atoms with Crippen LogP contribution in [0, 0.1) is 12.8 Å². The summed E-state index contributed by atoms with van der Waals surface area (Å²) in [6.07, 6.45) is 7.11. The summed E-state index contributed by atoms with van der Waals surface area (Å²) >= 11 is 0. The number of sulfonamides is 1. The maximum absolute atomic E-state index is 12.2. The van der Waals surface area contributed by atoms with Gasteiger partial charge in [-0.1, -0.05) is 56.0 Å². The second-order valence-electron chi connectivity index (χ2n) is 5.94. The van der Waals surface area contributed by atoms with Crippen LogP contribution in [0.3, 0.4) is 0 Å². The summed E-state index contributed by atoms with van der Waals surface area (Å²) in [5.74, 6) is 0.473. The molecule has 2 atom stereocenters. The molecule has 1 aliphatic rings. The molecule has 21 heavy (non-hydrogen) atoms. The van der Waals surface area contributed by atoms with Gasteiger partial charge in [0.15, 0.2) is 0 Å². The summed E-state index contributed by atoms with van der Waals surface area (Å²) in [5.41, 5.74) is 2.07. The van der Waals surface area contributed by atoms with E-state index < -0.39 is 10.0 Å². The summed E-state index contributed by atoms with van der Waals surface area (Å²) in [5, 5.41) is 1.29. The lowest BCUT2D eigenvalue weighted by atomic mass is 9.83. The number of aryl methyl sites for hydroxylation is 1. The van der Waals surface area contributed by atoms with Gasteiger partial charge in [-0.25, -0.2) is 13.1 Å². The van der Waals surface area contributed by atoms with Crippen molar-refractivity contribution in [3.05, 3.63) is 40.8 Å². The van der Waals surface area contributed by atoms with E-state index in [9.17, 15) is 8.42 Å². The average Bonchev–Trinajstić information content (AvgIpc) is 2.47. The normalized spacial score (nSPS) is 23.5. The van der Waals surface area contributed by atoms with Crippen molar-refractivity contribution in [2.24, 2.45) is 5.92 Å². The molecule has 0 radical (unpaired) electrons. The van der Waals surface area contributed by atoms with Gasteiger partial charge in [0.2, 0.25) is 10.0 Å². The third-order valence-corrected chi connectivity index (χ3v) is 5.39. The van der Waals surface area contributed by atoms with E-state index >= 15 is 0 Å². The Balaban J connectivity index is 2.02. The number of rotatable bonds is 5. The molecule has 1 N–H and O–H groups in total. The third-order valence-electron chi connectivity index (χ3n) is 4.27. The molecule has 1 saturated carbocycles. The first-order chi connectivity index (χ1) is 10.00. The maximum atomic E-state index is 12.2. The summed E-state index contributed by atoms with van der Waals surface area (Å²) in [6.45, 7) is 4.15. The van der Waals surface area contributed by atoms with Gasteiger partial charge >= 0.3 is 0 Å². The highest BCUT2D eigenvalue weighted by molar-refractivity contribution is 7.92. The first-order valence-corrected chi connectivity index (χ1v) is 9.32. The van der Waals surface area contributed by atoms with Crippen molar-refractivity contribution >= 4 is 16.1 Å². The van der Waals surface area contributed by atoms with Gasteiger partial charge < -0.3 is 0 Å². The molecule has 0 heterocycles. The Labute approximate surface area is 128 Å². The SMILES string of the molecule is CCC1CCCCC1NS(=O)(=O)C=Cc1ccc(C)cc1. The first-order valence-electron chi connectivity index (χ1n) is 7.77. The minimum atomic E-state index is -3.36. The third kappa shape index (κ3) is 4.97. The molecule has 2 rings (SSSR count). The Morgan fingerprint density at radius 1 is 1.19 bits per heavy atom. The number of hydrogen-bond donors (Lipinski definition) is 1. The lowest BCUT2D eigenvalue weighted by molar-refractivity contribution is 0.283. The fourth-order valence-electron chi connectivity index (χ4n) is 2.95. The molecule has 1 aliphatic carbocycles. The van der Waals surface area contributed by atoms with Crippen molar-refractivity contribution in [1.29, 1.82) is 0 Å². The Hall–Kier alpha value is -1.13. The molecule has 0 aromatic heterocycles. The molecule has 2 unspecified atom stereocenters. The molecule has 116 valence electrons. The standard InChI is InChI=1S/C17H25NO2S/c1-3-16-6-4-5-7-17(16)18-21(19,20)13-12-15-10-8-14(2)9-11-15/h8-13,16-18H,3-7H2,1-2H3. The van der Waals surface area contributed by atoms with Crippen molar-refractivity contribution in [2.45, 2.75) is 52.0 Å². The van der Waals surface area contributed by atoms with Crippen molar-refractivity contribution in [1.82, 2.24) is 4.72 Å². The summed E-state index contributed by atoms with van der Waals surface area (Å²) < 4.78 is 27.3. The van der Waals surface area contributed by atoms with Crippen molar-refractivity contribution in [3.63, 3.8) is 0 Å². The van der Waals surface area contributed by atoms with Crippen LogP contribution in [0.25, 0.3) is 6.08 Å². The molecule has 0 amide bonds. The van der Waals surface area contributed by atoms with E-state index in [1.54, 1.807) is 6.08 Å². The lowest BCUT2D eigenvalue weighted by Crippen LogP contribution is -2.40. The lowest BCUT2D eigenvalue weighted by Gasteiger charge is -2.30. The zero-order valence-electron chi connectivity index (χ0n) is 12.9. The minimum absolute atomic E-state index is 0.0939. The largest absolute Gasteiger partial charge is 0.233 e. The van der Waals surface area contributed by atoms with E-state index in [1.807, 2.05) is 31.2 Å². The highest BCUT2D eigenvalue weighted by Gasteiger charge is 2.26. The van der Waals surface area contributed by atoms with Crippen LogP contribution in [0.1, 0.15) is 50.2 Å². The predicted octanol–water partition coefficient (Wildman–Crippen LogP) is 3.85. The summed E-state index contributed by atoms with van der Waals surface area (Å²) in [4.78, 5) is 0. The first kappa shape index (κ1) is 16.2. The molecule has 1 aromatic carbocycles. The van der Waals surface area contributed by atoms with Gasteiger partial charge in [-0.05, 0) is 37.3 Å². The van der Waals surface area contributed by atoms with E-state index in [1.165, 1.54) is 17.4 Å². The number of benzene rings is 1.